The van der Waals surface area contributed by atoms with Crippen LogP contribution in [0.1, 0.15) is 17.5 Å². The van der Waals surface area contributed by atoms with Gasteiger partial charge in [0.05, 0.1) is 11.1 Å². The van der Waals surface area contributed by atoms with Crippen LogP contribution in [0.15, 0.2) is 199 Å². The van der Waals surface area contributed by atoms with Crippen LogP contribution < -0.4 is 4.90 Å². The summed E-state index contributed by atoms with van der Waals surface area (Å²) in [6.45, 7) is 0. The van der Waals surface area contributed by atoms with Gasteiger partial charge in [0.2, 0.25) is 0 Å². The summed E-state index contributed by atoms with van der Waals surface area (Å²) in [5, 5.41) is 7.17. The van der Waals surface area contributed by atoms with Gasteiger partial charge in [-0.05, 0) is 116 Å². The summed E-state index contributed by atoms with van der Waals surface area (Å²) in [5.41, 5.74) is 14.9. The quantitative estimate of drug-likeness (QED) is 0.170. The van der Waals surface area contributed by atoms with E-state index in [2.05, 4.69) is 205 Å². The van der Waals surface area contributed by atoms with Crippen LogP contribution in [-0.4, -0.2) is 0 Å². The van der Waals surface area contributed by atoms with Gasteiger partial charge >= 0.3 is 0 Å². The predicted octanol–water partition coefficient (Wildman–Crippen LogP) is 15.3. The maximum atomic E-state index is 6.92. The highest BCUT2D eigenvalue weighted by Crippen LogP contribution is 2.48. The maximum Gasteiger partial charge on any atom is 0.143 e. The Morgan fingerprint density at radius 1 is 0.446 bits per heavy atom. The number of hydrogen-bond acceptors (Lipinski definition) is 2. The largest absolute Gasteiger partial charge is 0.455 e. The van der Waals surface area contributed by atoms with Crippen molar-refractivity contribution in [1.82, 2.24) is 0 Å². The monoisotopic (exact) mass is 715 g/mol. The molecule has 9 aromatic carbocycles. The van der Waals surface area contributed by atoms with Gasteiger partial charge in [-0.25, -0.2) is 0 Å². The number of allylic oxidation sites excluding steroid dienone is 1. The minimum atomic E-state index is 0.882. The van der Waals surface area contributed by atoms with E-state index in [1.807, 2.05) is 0 Å². The highest BCUT2D eigenvalue weighted by Gasteiger charge is 2.25. The van der Waals surface area contributed by atoms with Crippen LogP contribution in [0, 0.1) is 0 Å². The van der Waals surface area contributed by atoms with E-state index in [-0.39, 0.29) is 0 Å². The van der Waals surface area contributed by atoms with Gasteiger partial charge in [-0.1, -0.05) is 158 Å². The molecule has 0 saturated carbocycles. The molecule has 10 aromatic rings. The first kappa shape index (κ1) is 32.3. The Morgan fingerprint density at radius 3 is 2.00 bits per heavy atom. The van der Waals surface area contributed by atoms with Gasteiger partial charge in [-0.3, -0.25) is 0 Å². The summed E-state index contributed by atoms with van der Waals surface area (Å²) in [7, 11) is 0. The van der Waals surface area contributed by atoms with Crippen molar-refractivity contribution in [2.45, 2.75) is 12.8 Å². The molecule has 0 saturated heterocycles. The fourth-order valence-electron chi connectivity index (χ4n) is 8.82. The lowest BCUT2D eigenvalue weighted by molar-refractivity contribution is 0.667. The number of nitrogens with zero attached hydrogens (tertiary/aromatic N) is 1. The first-order valence-electron chi connectivity index (χ1n) is 19.5. The van der Waals surface area contributed by atoms with Gasteiger partial charge in [0.15, 0.2) is 0 Å². The topological polar surface area (TPSA) is 16.4 Å². The number of fused-ring (bicyclic) bond motifs is 7. The highest BCUT2D eigenvalue weighted by molar-refractivity contribution is 6.17. The molecule has 0 radical (unpaired) electrons. The van der Waals surface area contributed by atoms with E-state index >= 15 is 0 Å². The molecule has 0 unspecified atom stereocenters. The Hall–Kier alpha value is -7.16. The molecule has 0 spiro atoms. The number of benzene rings is 9. The maximum absolute atomic E-state index is 6.92. The lowest BCUT2D eigenvalue weighted by atomic mass is 9.86. The third-order valence-corrected chi connectivity index (χ3v) is 11.5. The van der Waals surface area contributed by atoms with Gasteiger partial charge in [-0.15, -0.1) is 0 Å². The zero-order valence-corrected chi connectivity index (χ0v) is 30.8. The molecular weight excluding hydrogens is 679 g/mol. The van der Waals surface area contributed by atoms with Gasteiger partial charge in [-0.2, -0.15) is 0 Å². The van der Waals surface area contributed by atoms with Gasteiger partial charge in [0.1, 0.15) is 11.2 Å². The Bertz CT molecular complexity index is 3130. The van der Waals surface area contributed by atoms with E-state index in [4.69, 9.17) is 4.42 Å². The SMILES string of the molecule is C1=Cc2c(c(-c3cccc4ccccc34)cc3c2oc2cccc(N(c4cccc(-c5ccc(-c6ccccc6)cc5)c4)c4ccc5ccccc5c4)c23)CC1. The van der Waals surface area contributed by atoms with E-state index in [1.54, 1.807) is 0 Å². The number of furan rings is 1. The van der Waals surface area contributed by atoms with Gasteiger partial charge in [0, 0.05) is 22.3 Å². The first-order valence-corrected chi connectivity index (χ1v) is 19.5. The fourth-order valence-corrected chi connectivity index (χ4v) is 8.82. The minimum Gasteiger partial charge on any atom is -0.455 e. The van der Waals surface area contributed by atoms with Crippen LogP contribution >= 0.6 is 0 Å². The van der Waals surface area contributed by atoms with Crippen molar-refractivity contribution in [2.75, 3.05) is 4.90 Å². The number of hydrogen-bond donors (Lipinski definition) is 0. The summed E-state index contributed by atoms with van der Waals surface area (Å²) in [6.07, 6.45) is 6.57. The van der Waals surface area contributed by atoms with E-state index in [9.17, 15) is 0 Å². The molecule has 0 fully saturated rings. The lowest BCUT2D eigenvalue weighted by Crippen LogP contribution is -2.10. The molecule has 0 N–H and O–H groups in total. The molecule has 0 amide bonds. The summed E-state index contributed by atoms with van der Waals surface area (Å²) < 4.78 is 6.92. The van der Waals surface area contributed by atoms with Gasteiger partial charge < -0.3 is 9.32 Å². The average molecular weight is 716 g/mol. The van der Waals surface area contributed by atoms with Crippen LogP contribution in [0.5, 0.6) is 0 Å². The Labute approximate surface area is 326 Å². The average Bonchev–Trinajstić information content (AvgIpc) is 3.66. The van der Waals surface area contributed by atoms with Crippen molar-refractivity contribution in [2.24, 2.45) is 0 Å². The third kappa shape index (κ3) is 5.41. The first-order chi connectivity index (χ1) is 27.8. The predicted molar refractivity (Wildman–Crippen MR) is 237 cm³/mol. The normalized spacial score (nSPS) is 12.4. The van der Waals surface area contributed by atoms with Crippen molar-refractivity contribution in [3.63, 3.8) is 0 Å². The number of anilines is 3. The molecular formula is C54H37NO. The Kier molecular flexibility index (Phi) is 7.67. The van der Waals surface area contributed by atoms with E-state index in [0.717, 1.165) is 57.4 Å². The lowest BCUT2D eigenvalue weighted by Gasteiger charge is -2.27. The molecule has 1 aliphatic carbocycles. The second-order valence-electron chi connectivity index (χ2n) is 14.8. The van der Waals surface area contributed by atoms with Gasteiger partial charge in [0.25, 0.3) is 0 Å². The van der Waals surface area contributed by atoms with E-state index in [0.29, 0.717) is 0 Å². The summed E-state index contributed by atoms with van der Waals surface area (Å²) in [6, 6.07) is 68.1. The Morgan fingerprint density at radius 2 is 1.12 bits per heavy atom. The molecule has 0 bridgehead atoms. The molecule has 1 aromatic heterocycles. The standard InChI is InChI=1S/C54H37NO/c1-2-13-36(14-3-1)38-27-29-39(30-28-38)42-19-10-20-43(33-42)55(44-32-31-37-15-4-5-17-41(37)34-44)51-25-12-26-52-53(51)50-35-49(47-22-8-9-23-48(47)54(50)56-52)46-24-11-18-40-16-6-7-21-45(40)46/h1-7,9-21,23-35H,8,22H2. The second-order valence-corrected chi connectivity index (χ2v) is 14.8. The molecule has 264 valence electrons. The summed E-state index contributed by atoms with van der Waals surface area (Å²) in [4.78, 5) is 2.42. The summed E-state index contributed by atoms with van der Waals surface area (Å²) in [5.74, 6) is 0. The van der Waals surface area contributed by atoms with E-state index < -0.39 is 0 Å². The highest BCUT2D eigenvalue weighted by atomic mass is 16.3. The molecule has 2 nitrogen and oxygen atoms in total. The second kappa shape index (κ2) is 13.3. The summed E-state index contributed by atoms with van der Waals surface area (Å²) >= 11 is 0. The van der Waals surface area contributed by atoms with Crippen LogP contribution in [0.25, 0.3) is 82.9 Å². The molecule has 11 rings (SSSR count). The molecule has 1 heterocycles. The fraction of sp³-hybridized carbons (Fsp3) is 0.0370. The van der Waals surface area contributed by atoms with Crippen molar-refractivity contribution < 1.29 is 4.42 Å². The van der Waals surface area contributed by atoms with E-state index in [1.165, 1.54) is 60.5 Å². The molecule has 2 heteroatoms. The third-order valence-electron chi connectivity index (χ3n) is 11.5. The zero-order chi connectivity index (χ0) is 37.0. The van der Waals surface area contributed by atoms with Crippen LogP contribution in [0.4, 0.5) is 17.1 Å². The van der Waals surface area contributed by atoms with Crippen molar-refractivity contribution in [3.05, 3.63) is 205 Å². The van der Waals surface area contributed by atoms with Crippen molar-refractivity contribution >= 4 is 66.6 Å². The number of rotatable bonds is 6. The zero-order valence-electron chi connectivity index (χ0n) is 30.8. The van der Waals surface area contributed by atoms with Crippen LogP contribution in [-0.2, 0) is 6.42 Å². The molecule has 0 atom stereocenters. The molecule has 56 heavy (non-hydrogen) atoms. The molecule has 1 aliphatic rings. The van der Waals surface area contributed by atoms with Crippen molar-refractivity contribution in [3.8, 4) is 33.4 Å². The minimum absolute atomic E-state index is 0.882. The smallest absolute Gasteiger partial charge is 0.143 e. The van der Waals surface area contributed by atoms with Crippen LogP contribution in [0.2, 0.25) is 0 Å². The van der Waals surface area contributed by atoms with Crippen LogP contribution in [0.3, 0.4) is 0 Å². The van der Waals surface area contributed by atoms with Crippen molar-refractivity contribution in [1.29, 1.82) is 0 Å². The molecule has 0 aliphatic heterocycles. The Balaban J connectivity index is 1.14.